The van der Waals surface area contributed by atoms with Crippen LogP contribution >= 0.6 is 11.8 Å². The molecule has 0 unspecified atom stereocenters. The van der Waals surface area contributed by atoms with Gasteiger partial charge in [0.15, 0.2) is 5.65 Å². The van der Waals surface area contributed by atoms with Crippen LogP contribution in [0.15, 0.2) is 34.8 Å². The number of hydrogen-bond donors (Lipinski definition) is 2. The molecule has 3 rings (SSSR count). The molecule has 0 aliphatic heterocycles. The van der Waals surface area contributed by atoms with Gasteiger partial charge in [-0.2, -0.15) is 0 Å². The van der Waals surface area contributed by atoms with Gasteiger partial charge in [0, 0.05) is 6.07 Å². The Morgan fingerprint density at radius 3 is 2.95 bits per heavy atom. The first-order valence-electron chi connectivity index (χ1n) is 5.40. The number of methoxy groups -OCH3 is 1. The van der Waals surface area contributed by atoms with E-state index in [1.54, 1.807) is 25.6 Å². The fraction of sp³-hybridized carbons (Fsp3) is 0.0909. The molecular weight excluding hydrogens is 264 g/mol. The van der Waals surface area contributed by atoms with E-state index in [9.17, 15) is 0 Å². The molecule has 0 saturated carbocycles. The van der Waals surface area contributed by atoms with Crippen LogP contribution in [-0.4, -0.2) is 32.0 Å². The highest BCUT2D eigenvalue weighted by molar-refractivity contribution is 7.99. The summed E-state index contributed by atoms with van der Waals surface area (Å²) < 4.78 is 5.09. The number of fused-ring (bicyclic) bond motifs is 1. The number of rotatable bonds is 3. The summed E-state index contributed by atoms with van der Waals surface area (Å²) in [7, 11) is 1.56. The Labute approximate surface area is 112 Å². The summed E-state index contributed by atoms with van der Waals surface area (Å²) >= 11 is 1.34. The highest BCUT2D eigenvalue weighted by Crippen LogP contribution is 2.33. The largest absolute Gasteiger partial charge is 0.481 e. The molecule has 0 radical (unpaired) electrons. The highest BCUT2D eigenvalue weighted by Gasteiger charge is 2.11. The van der Waals surface area contributed by atoms with Crippen LogP contribution in [0.2, 0.25) is 0 Å². The maximum absolute atomic E-state index is 5.90. The number of hydrogen-bond acceptors (Lipinski definition) is 7. The van der Waals surface area contributed by atoms with Crippen molar-refractivity contribution in [2.24, 2.45) is 0 Å². The van der Waals surface area contributed by atoms with Gasteiger partial charge in [0.05, 0.1) is 19.1 Å². The third-order valence-corrected chi connectivity index (χ3v) is 3.48. The average molecular weight is 274 g/mol. The molecule has 96 valence electrons. The lowest BCUT2D eigenvalue weighted by Crippen LogP contribution is -1.95. The minimum atomic E-state index is 0.506. The van der Waals surface area contributed by atoms with E-state index in [2.05, 4.69) is 24.9 Å². The normalized spacial score (nSPS) is 10.8. The number of pyridine rings is 1. The molecule has 19 heavy (non-hydrogen) atoms. The predicted octanol–water partition coefficient (Wildman–Crippen LogP) is 1.49. The van der Waals surface area contributed by atoms with Crippen molar-refractivity contribution in [2.45, 2.75) is 10.1 Å². The molecule has 7 nitrogen and oxygen atoms in total. The van der Waals surface area contributed by atoms with Crippen molar-refractivity contribution in [3.05, 3.63) is 24.8 Å². The van der Waals surface area contributed by atoms with E-state index in [1.165, 1.54) is 18.1 Å². The fourth-order valence-corrected chi connectivity index (χ4v) is 2.40. The topological polar surface area (TPSA) is 103 Å². The van der Waals surface area contributed by atoms with Gasteiger partial charge in [0.25, 0.3) is 0 Å². The Morgan fingerprint density at radius 1 is 1.21 bits per heavy atom. The maximum Gasteiger partial charge on any atom is 0.214 e. The molecule has 0 amide bonds. The SMILES string of the molecule is COc1ccc(N)c(Sc2ncnc3nc[nH]c23)n1. The van der Waals surface area contributed by atoms with Gasteiger partial charge in [0.2, 0.25) is 5.88 Å². The molecule has 3 aromatic rings. The Kier molecular flexibility index (Phi) is 2.92. The van der Waals surface area contributed by atoms with Gasteiger partial charge in [-0.05, 0) is 17.8 Å². The summed E-state index contributed by atoms with van der Waals surface area (Å²) in [6, 6.07) is 3.46. The van der Waals surface area contributed by atoms with E-state index in [0.717, 1.165) is 10.5 Å². The van der Waals surface area contributed by atoms with Crippen LogP contribution in [0, 0.1) is 0 Å². The van der Waals surface area contributed by atoms with E-state index in [-0.39, 0.29) is 0 Å². The molecule has 8 heteroatoms. The smallest absolute Gasteiger partial charge is 0.214 e. The molecule has 3 aromatic heterocycles. The second-order valence-electron chi connectivity index (χ2n) is 3.63. The summed E-state index contributed by atoms with van der Waals surface area (Å²) in [5.74, 6) is 0.506. The summed E-state index contributed by atoms with van der Waals surface area (Å²) in [6.07, 6.45) is 3.04. The molecule has 3 N–H and O–H groups in total. The second kappa shape index (κ2) is 4.73. The van der Waals surface area contributed by atoms with Gasteiger partial charge < -0.3 is 15.5 Å². The van der Waals surface area contributed by atoms with Crippen molar-refractivity contribution in [3.8, 4) is 5.88 Å². The van der Waals surface area contributed by atoms with Crippen molar-refractivity contribution in [2.75, 3.05) is 12.8 Å². The molecule has 0 bridgehead atoms. The minimum Gasteiger partial charge on any atom is -0.481 e. The summed E-state index contributed by atoms with van der Waals surface area (Å²) in [5, 5.41) is 1.35. The van der Waals surface area contributed by atoms with E-state index < -0.39 is 0 Å². The summed E-state index contributed by atoms with van der Waals surface area (Å²) in [6.45, 7) is 0. The van der Waals surface area contributed by atoms with Gasteiger partial charge in [-0.3, -0.25) is 0 Å². The molecule has 0 aromatic carbocycles. The van der Waals surface area contributed by atoms with Gasteiger partial charge in [-0.1, -0.05) is 0 Å². The van der Waals surface area contributed by atoms with Crippen LogP contribution in [0.25, 0.3) is 11.2 Å². The average Bonchev–Trinajstić information content (AvgIpc) is 2.90. The van der Waals surface area contributed by atoms with Crippen LogP contribution in [0.5, 0.6) is 5.88 Å². The lowest BCUT2D eigenvalue weighted by molar-refractivity contribution is 0.395. The minimum absolute atomic E-state index is 0.506. The molecule has 0 fully saturated rings. The van der Waals surface area contributed by atoms with Crippen LogP contribution in [0.3, 0.4) is 0 Å². The standard InChI is InChI=1S/C11H10N6OS/c1-18-7-3-2-6(12)10(17-7)19-11-8-9(14-4-13-8)15-5-16-11/h2-5H,12H2,1H3,(H,13,14,15,16). The zero-order valence-electron chi connectivity index (χ0n) is 9.99. The molecule has 0 aliphatic rings. The molecule has 0 aliphatic carbocycles. The Bertz CT molecular complexity index is 728. The van der Waals surface area contributed by atoms with E-state index in [1.807, 2.05) is 0 Å². The number of H-pyrrole nitrogens is 1. The number of imidazole rings is 1. The number of nitrogen functional groups attached to an aromatic ring is 1. The first-order chi connectivity index (χ1) is 9.28. The van der Waals surface area contributed by atoms with Gasteiger partial charge >= 0.3 is 0 Å². The maximum atomic E-state index is 5.90. The van der Waals surface area contributed by atoms with Crippen LogP contribution in [0.4, 0.5) is 5.69 Å². The Morgan fingerprint density at radius 2 is 2.11 bits per heavy atom. The van der Waals surface area contributed by atoms with Crippen LogP contribution < -0.4 is 10.5 Å². The summed E-state index contributed by atoms with van der Waals surface area (Å²) in [5.41, 5.74) is 7.84. The first-order valence-corrected chi connectivity index (χ1v) is 6.22. The number of nitrogens with two attached hydrogens (primary N) is 1. The van der Waals surface area contributed by atoms with Crippen LogP contribution in [0.1, 0.15) is 0 Å². The van der Waals surface area contributed by atoms with Crippen molar-refractivity contribution in [1.82, 2.24) is 24.9 Å². The number of ether oxygens (including phenoxy) is 1. The number of aromatic nitrogens is 5. The zero-order valence-corrected chi connectivity index (χ0v) is 10.8. The second-order valence-corrected chi connectivity index (χ2v) is 4.61. The number of aromatic amines is 1. The van der Waals surface area contributed by atoms with Crippen molar-refractivity contribution in [1.29, 1.82) is 0 Å². The Hall–Kier alpha value is -2.35. The zero-order chi connectivity index (χ0) is 13.2. The van der Waals surface area contributed by atoms with E-state index in [4.69, 9.17) is 10.5 Å². The number of nitrogens with one attached hydrogen (secondary N) is 1. The van der Waals surface area contributed by atoms with Crippen molar-refractivity contribution >= 4 is 28.6 Å². The third kappa shape index (κ3) is 2.17. The predicted molar refractivity (Wildman–Crippen MR) is 71.0 cm³/mol. The quantitative estimate of drug-likeness (QED) is 0.697. The van der Waals surface area contributed by atoms with Crippen LogP contribution in [-0.2, 0) is 0 Å². The third-order valence-electron chi connectivity index (χ3n) is 2.45. The first kappa shape index (κ1) is 11.7. The van der Waals surface area contributed by atoms with E-state index in [0.29, 0.717) is 22.2 Å². The Balaban J connectivity index is 2.03. The summed E-state index contributed by atoms with van der Waals surface area (Å²) in [4.78, 5) is 19.7. The molecule has 3 heterocycles. The van der Waals surface area contributed by atoms with Gasteiger partial charge in [0.1, 0.15) is 21.9 Å². The van der Waals surface area contributed by atoms with E-state index >= 15 is 0 Å². The highest BCUT2D eigenvalue weighted by atomic mass is 32.2. The lowest BCUT2D eigenvalue weighted by atomic mass is 10.4. The molecular formula is C11H10N6OS. The van der Waals surface area contributed by atoms with Crippen molar-refractivity contribution in [3.63, 3.8) is 0 Å². The fourth-order valence-electron chi connectivity index (χ4n) is 1.54. The number of anilines is 1. The van der Waals surface area contributed by atoms with Crippen molar-refractivity contribution < 1.29 is 4.74 Å². The van der Waals surface area contributed by atoms with Gasteiger partial charge in [-0.15, -0.1) is 0 Å². The lowest BCUT2D eigenvalue weighted by Gasteiger charge is -2.06. The molecule has 0 spiro atoms. The number of nitrogens with zero attached hydrogens (tertiary/aromatic N) is 4. The molecule has 0 saturated heterocycles. The monoisotopic (exact) mass is 274 g/mol. The molecule has 0 atom stereocenters. The van der Waals surface area contributed by atoms with Gasteiger partial charge in [-0.25, -0.2) is 19.9 Å².